The highest BCUT2D eigenvalue weighted by Gasteiger charge is 2.39. The molecule has 2 N–H and O–H groups in total. The quantitative estimate of drug-likeness (QED) is 0.547. The number of amides is 3. The van der Waals surface area contributed by atoms with Gasteiger partial charge < -0.3 is 15.5 Å². The van der Waals surface area contributed by atoms with Gasteiger partial charge in [-0.1, -0.05) is 54.1 Å². The van der Waals surface area contributed by atoms with E-state index < -0.39 is 17.9 Å². The molecule has 1 unspecified atom stereocenters. The van der Waals surface area contributed by atoms with Crippen molar-refractivity contribution >= 4 is 23.4 Å². The summed E-state index contributed by atoms with van der Waals surface area (Å²) in [7, 11) is 0. The molecular formula is C24H27N3O3. The van der Waals surface area contributed by atoms with E-state index in [1.54, 1.807) is 24.3 Å². The second kappa shape index (κ2) is 9.87. The molecule has 2 aromatic rings. The fourth-order valence-electron chi connectivity index (χ4n) is 3.44. The van der Waals surface area contributed by atoms with Gasteiger partial charge in [0.25, 0.3) is 17.7 Å². The molecule has 0 aliphatic carbocycles. The molecule has 1 atom stereocenters. The van der Waals surface area contributed by atoms with E-state index in [4.69, 9.17) is 0 Å². The monoisotopic (exact) mass is 405 g/mol. The van der Waals surface area contributed by atoms with Crippen molar-refractivity contribution < 1.29 is 14.4 Å². The number of para-hydroxylation sites is 1. The number of nitrogens with zero attached hydrogens (tertiary/aromatic N) is 1. The number of rotatable bonds is 7. The van der Waals surface area contributed by atoms with Gasteiger partial charge in [-0.05, 0) is 44.4 Å². The highest BCUT2D eigenvalue weighted by Crippen LogP contribution is 2.24. The molecule has 30 heavy (non-hydrogen) atoms. The average molecular weight is 405 g/mol. The molecule has 0 spiro atoms. The first-order chi connectivity index (χ1) is 14.5. The maximum Gasteiger partial charge on any atom is 0.257 e. The third-order valence-electron chi connectivity index (χ3n) is 5.26. The normalized spacial score (nSPS) is 16.5. The number of anilines is 1. The number of allylic oxidation sites excluding steroid dienone is 2. The summed E-state index contributed by atoms with van der Waals surface area (Å²) in [5, 5.41) is 5.56. The third-order valence-corrected chi connectivity index (χ3v) is 5.26. The van der Waals surface area contributed by atoms with Crippen LogP contribution in [0.2, 0.25) is 0 Å². The van der Waals surface area contributed by atoms with Gasteiger partial charge in [-0.3, -0.25) is 14.4 Å². The molecule has 0 bridgehead atoms. The van der Waals surface area contributed by atoms with Crippen LogP contribution in [-0.4, -0.2) is 35.2 Å². The van der Waals surface area contributed by atoms with Crippen LogP contribution in [0.3, 0.4) is 0 Å². The Hall–Kier alpha value is -3.41. The molecule has 3 amide bonds. The number of nitrogens with one attached hydrogen (secondary N) is 2. The lowest BCUT2D eigenvalue weighted by Gasteiger charge is -2.28. The zero-order valence-corrected chi connectivity index (χ0v) is 17.4. The number of fused-ring (bicyclic) bond motifs is 1. The first-order valence-corrected chi connectivity index (χ1v) is 10.2. The summed E-state index contributed by atoms with van der Waals surface area (Å²) in [6, 6.07) is 15.1. The van der Waals surface area contributed by atoms with Gasteiger partial charge in [0.2, 0.25) is 0 Å². The Morgan fingerprint density at radius 2 is 1.80 bits per heavy atom. The van der Waals surface area contributed by atoms with Gasteiger partial charge in [-0.2, -0.15) is 0 Å². The molecule has 0 radical (unpaired) electrons. The van der Waals surface area contributed by atoms with Crippen LogP contribution in [-0.2, 0) is 16.1 Å². The molecule has 1 aliphatic rings. The fraction of sp³-hybridized carbons (Fsp3) is 0.292. The SMILES string of the molecule is C/C=C(\C)CCCN1C(=O)c2ccccc2NC(=O)C1C(=O)NCc1ccccc1. The predicted octanol–water partition coefficient (Wildman–Crippen LogP) is 3.51. The van der Waals surface area contributed by atoms with Crippen LogP contribution < -0.4 is 10.6 Å². The van der Waals surface area contributed by atoms with Crippen LogP contribution in [0.25, 0.3) is 0 Å². The number of hydrogen-bond donors (Lipinski definition) is 2. The lowest BCUT2D eigenvalue weighted by molar-refractivity contribution is -0.133. The van der Waals surface area contributed by atoms with Gasteiger partial charge in [-0.25, -0.2) is 0 Å². The maximum absolute atomic E-state index is 13.3. The van der Waals surface area contributed by atoms with E-state index in [0.717, 1.165) is 12.0 Å². The van der Waals surface area contributed by atoms with Crippen LogP contribution in [0.4, 0.5) is 5.69 Å². The summed E-state index contributed by atoms with van der Waals surface area (Å²) in [5.74, 6) is -1.30. The largest absolute Gasteiger partial charge is 0.350 e. The summed E-state index contributed by atoms with van der Waals surface area (Å²) >= 11 is 0. The van der Waals surface area contributed by atoms with Crippen molar-refractivity contribution in [2.75, 3.05) is 11.9 Å². The predicted molar refractivity (Wildman–Crippen MR) is 117 cm³/mol. The van der Waals surface area contributed by atoms with E-state index in [1.165, 1.54) is 10.5 Å². The van der Waals surface area contributed by atoms with E-state index >= 15 is 0 Å². The van der Waals surface area contributed by atoms with Crippen molar-refractivity contribution in [2.24, 2.45) is 0 Å². The van der Waals surface area contributed by atoms with Gasteiger partial charge >= 0.3 is 0 Å². The molecule has 156 valence electrons. The maximum atomic E-state index is 13.3. The van der Waals surface area contributed by atoms with Crippen molar-refractivity contribution in [2.45, 2.75) is 39.3 Å². The van der Waals surface area contributed by atoms with Gasteiger partial charge in [0.15, 0.2) is 6.04 Å². The minimum Gasteiger partial charge on any atom is -0.350 e. The molecule has 3 rings (SSSR count). The zero-order chi connectivity index (χ0) is 21.5. The standard InChI is InChI=1S/C24H27N3O3/c1-3-17(2)10-9-15-27-21(22(28)25-16-18-11-5-4-6-12-18)23(29)26-20-14-8-7-13-19(20)24(27)30/h3-8,11-14,21H,9-10,15-16H2,1-2H3,(H,25,28)(H,26,29)/b17-3+. The summed E-state index contributed by atoms with van der Waals surface area (Å²) in [6.45, 7) is 4.59. The van der Waals surface area contributed by atoms with E-state index in [9.17, 15) is 14.4 Å². The summed E-state index contributed by atoms with van der Waals surface area (Å²) in [5.41, 5.74) is 2.95. The summed E-state index contributed by atoms with van der Waals surface area (Å²) in [6.07, 6.45) is 3.48. The highest BCUT2D eigenvalue weighted by atomic mass is 16.2. The fourth-order valence-corrected chi connectivity index (χ4v) is 3.44. The van der Waals surface area contributed by atoms with Gasteiger partial charge in [-0.15, -0.1) is 0 Å². The molecule has 0 fully saturated rings. The molecular weight excluding hydrogens is 378 g/mol. The molecule has 6 nitrogen and oxygen atoms in total. The van der Waals surface area contributed by atoms with Gasteiger partial charge in [0, 0.05) is 13.1 Å². The number of carbonyl (C=O) groups is 3. The topological polar surface area (TPSA) is 78.5 Å². The Kier molecular flexibility index (Phi) is 7.01. The molecule has 0 saturated heterocycles. The van der Waals surface area contributed by atoms with Crippen LogP contribution >= 0.6 is 0 Å². The van der Waals surface area contributed by atoms with Crippen LogP contribution in [0, 0.1) is 0 Å². The molecule has 0 saturated carbocycles. The van der Waals surface area contributed by atoms with E-state index in [0.29, 0.717) is 24.2 Å². The number of benzene rings is 2. The number of hydrogen-bond acceptors (Lipinski definition) is 3. The first kappa shape index (κ1) is 21.3. The highest BCUT2D eigenvalue weighted by molar-refractivity contribution is 6.17. The molecule has 1 heterocycles. The van der Waals surface area contributed by atoms with Gasteiger partial charge in [0.1, 0.15) is 0 Å². The minimum absolute atomic E-state index is 0.288. The van der Waals surface area contributed by atoms with Crippen molar-refractivity contribution in [3.8, 4) is 0 Å². The lowest BCUT2D eigenvalue weighted by atomic mass is 10.1. The van der Waals surface area contributed by atoms with E-state index in [-0.39, 0.29) is 12.5 Å². The average Bonchev–Trinajstić information content (AvgIpc) is 2.87. The van der Waals surface area contributed by atoms with Crippen molar-refractivity contribution in [3.05, 3.63) is 77.4 Å². The molecule has 0 aromatic heterocycles. The van der Waals surface area contributed by atoms with Crippen molar-refractivity contribution in [1.82, 2.24) is 10.2 Å². The smallest absolute Gasteiger partial charge is 0.257 e. The number of carbonyl (C=O) groups excluding carboxylic acids is 3. The van der Waals surface area contributed by atoms with Crippen LogP contribution in [0.15, 0.2) is 66.2 Å². The molecule has 2 aromatic carbocycles. The Balaban J connectivity index is 1.83. The van der Waals surface area contributed by atoms with Crippen molar-refractivity contribution in [3.63, 3.8) is 0 Å². The van der Waals surface area contributed by atoms with Gasteiger partial charge in [0.05, 0.1) is 11.3 Å². The second-order valence-electron chi connectivity index (χ2n) is 7.38. The molecule has 6 heteroatoms. The summed E-state index contributed by atoms with van der Waals surface area (Å²) < 4.78 is 0. The van der Waals surface area contributed by atoms with Crippen LogP contribution in [0.1, 0.15) is 42.6 Å². The van der Waals surface area contributed by atoms with Crippen molar-refractivity contribution in [1.29, 1.82) is 0 Å². The van der Waals surface area contributed by atoms with Crippen LogP contribution in [0.5, 0.6) is 0 Å². The third kappa shape index (κ3) is 4.95. The Bertz CT molecular complexity index is 953. The first-order valence-electron chi connectivity index (χ1n) is 10.2. The summed E-state index contributed by atoms with van der Waals surface area (Å²) in [4.78, 5) is 40.6. The molecule has 1 aliphatic heterocycles. The zero-order valence-electron chi connectivity index (χ0n) is 17.4. The Morgan fingerprint density at radius 3 is 2.53 bits per heavy atom. The minimum atomic E-state index is -1.22. The van der Waals surface area contributed by atoms with E-state index in [2.05, 4.69) is 10.6 Å². The van der Waals surface area contributed by atoms with E-state index in [1.807, 2.05) is 50.3 Å². The second-order valence-corrected chi connectivity index (χ2v) is 7.38. The lowest BCUT2D eigenvalue weighted by Crippen LogP contribution is -2.54. The Morgan fingerprint density at radius 1 is 1.10 bits per heavy atom. The Labute approximate surface area is 177 Å².